The van der Waals surface area contributed by atoms with Crippen LogP contribution in [0.1, 0.15) is 29.7 Å². The van der Waals surface area contributed by atoms with E-state index in [0.29, 0.717) is 12.5 Å². The second-order valence-electron chi connectivity index (χ2n) is 4.54. The number of nitrogens with one attached hydrogen (secondary N) is 1. The van der Waals surface area contributed by atoms with Crippen molar-refractivity contribution in [3.05, 3.63) is 21.9 Å². The fourth-order valence-corrected chi connectivity index (χ4v) is 3.06. The van der Waals surface area contributed by atoms with E-state index in [2.05, 4.69) is 11.4 Å². The van der Waals surface area contributed by atoms with Gasteiger partial charge in [0.2, 0.25) is 5.91 Å². The number of thiophene rings is 1. The number of carbonyl (C=O) groups is 1. The average molecular weight is 238 g/mol. The zero-order valence-electron chi connectivity index (χ0n) is 9.53. The number of aryl methyl sites for hydroxylation is 1. The second-order valence-corrected chi connectivity index (χ2v) is 5.54. The molecule has 3 nitrogen and oxygen atoms in total. The highest BCUT2D eigenvalue weighted by Crippen LogP contribution is 2.19. The molecule has 2 atom stereocenters. The third kappa shape index (κ3) is 2.83. The van der Waals surface area contributed by atoms with Gasteiger partial charge in [-0.2, -0.15) is 0 Å². The Labute approximate surface area is 100 Å². The van der Waals surface area contributed by atoms with Crippen molar-refractivity contribution in [1.82, 2.24) is 5.32 Å². The quantitative estimate of drug-likeness (QED) is 0.840. The van der Waals surface area contributed by atoms with Crippen molar-refractivity contribution in [2.24, 2.45) is 5.73 Å². The van der Waals surface area contributed by atoms with Gasteiger partial charge < -0.3 is 11.1 Å². The second kappa shape index (κ2) is 4.97. The van der Waals surface area contributed by atoms with Gasteiger partial charge >= 0.3 is 0 Å². The topological polar surface area (TPSA) is 55.1 Å². The van der Waals surface area contributed by atoms with Crippen molar-refractivity contribution in [2.75, 3.05) is 0 Å². The smallest absolute Gasteiger partial charge is 0.225 e. The molecular weight excluding hydrogens is 220 g/mol. The average Bonchev–Trinajstić information content (AvgIpc) is 2.77. The largest absolute Gasteiger partial charge is 0.353 e. The van der Waals surface area contributed by atoms with Gasteiger partial charge in [-0.1, -0.05) is 0 Å². The fraction of sp³-hybridized carbons (Fsp3) is 0.583. The number of carbonyl (C=O) groups excluding carboxylic acids is 1. The van der Waals surface area contributed by atoms with E-state index >= 15 is 0 Å². The lowest BCUT2D eigenvalue weighted by molar-refractivity contribution is -0.121. The molecule has 3 N–H and O–H groups in total. The predicted octanol–water partition coefficient (Wildman–Crippen LogP) is 1.60. The van der Waals surface area contributed by atoms with E-state index in [1.807, 2.05) is 12.3 Å². The summed E-state index contributed by atoms with van der Waals surface area (Å²) < 4.78 is 0. The number of rotatable bonds is 3. The first-order valence-electron chi connectivity index (χ1n) is 5.73. The third-order valence-corrected chi connectivity index (χ3v) is 4.15. The van der Waals surface area contributed by atoms with E-state index in [1.54, 1.807) is 11.3 Å². The maximum atomic E-state index is 11.8. The minimum Gasteiger partial charge on any atom is -0.353 e. The Hall–Kier alpha value is -0.870. The lowest BCUT2D eigenvalue weighted by atomic mass is 10.2. The van der Waals surface area contributed by atoms with Gasteiger partial charge in [-0.25, -0.2) is 0 Å². The normalized spacial score (nSPS) is 24.6. The van der Waals surface area contributed by atoms with E-state index in [-0.39, 0.29) is 11.9 Å². The molecule has 1 saturated carbocycles. The standard InChI is InChI=1S/C12H18N2OS/c1-8-4-5-16-11(8)7-12(15)14-10-3-2-9(13)6-10/h4-5,9-10H,2-3,6-7,13H2,1H3,(H,14,15). The molecule has 2 rings (SSSR count). The van der Waals surface area contributed by atoms with E-state index in [1.165, 1.54) is 10.4 Å². The van der Waals surface area contributed by atoms with Gasteiger partial charge in [0, 0.05) is 17.0 Å². The molecule has 1 fully saturated rings. The monoisotopic (exact) mass is 238 g/mol. The Kier molecular flexibility index (Phi) is 3.61. The molecule has 1 amide bonds. The molecule has 0 aromatic carbocycles. The van der Waals surface area contributed by atoms with Gasteiger partial charge in [0.05, 0.1) is 6.42 Å². The van der Waals surface area contributed by atoms with Crippen molar-refractivity contribution in [3.63, 3.8) is 0 Å². The number of hydrogen-bond donors (Lipinski definition) is 2. The molecule has 0 spiro atoms. The Balaban J connectivity index is 1.83. The lowest BCUT2D eigenvalue weighted by Gasteiger charge is -2.12. The Morgan fingerprint density at radius 3 is 3.00 bits per heavy atom. The minimum atomic E-state index is 0.129. The summed E-state index contributed by atoms with van der Waals surface area (Å²) in [6.45, 7) is 2.05. The summed E-state index contributed by atoms with van der Waals surface area (Å²) in [5, 5.41) is 5.09. The summed E-state index contributed by atoms with van der Waals surface area (Å²) >= 11 is 1.65. The maximum absolute atomic E-state index is 11.8. The van der Waals surface area contributed by atoms with E-state index in [4.69, 9.17) is 5.73 Å². The van der Waals surface area contributed by atoms with E-state index in [9.17, 15) is 4.79 Å². The number of hydrogen-bond acceptors (Lipinski definition) is 3. The molecule has 0 radical (unpaired) electrons. The van der Waals surface area contributed by atoms with Crippen molar-refractivity contribution < 1.29 is 4.79 Å². The summed E-state index contributed by atoms with van der Waals surface area (Å²) in [6, 6.07) is 2.62. The van der Waals surface area contributed by atoms with Crippen LogP contribution in [0.4, 0.5) is 0 Å². The fourth-order valence-electron chi connectivity index (χ4n) is 2.16. The first kappa shape index (κ1) is 11.6. The van der Waals surface area contributed by atoms with Gasteiger partial charge in [-0.15, -0.1) is 11.3 Å². The summed E-state index contributed by atoms with van der Waals surface area (Å²) in [5.41, 5.74) is 7.02. The molecule has 16 heavy (non-hydrogen) atoms. The van der Waals surface area contributed by atoms with E-state index in [0.717, 1.165) is 19.3 Å². The molecular formula is C12H18N2OS. The van der Waals surface area contributed by atoms with Crippen LogP contribution in [-0.2, 0) is 11.2 Å². The van der Waals surface area contributed by atoms with Gasteiger partial charge in [0.25, 0.3) is 0 Å². The predicted molar refractivity (Wildman–Crippen MR) is 66.5 cm³/mol. The van der Waals surface area contributed by atoms with Gasteiger partial charge in [-0.3, -0.25) is 4.79 Å². The van der Waals surface area contributed by atoms with Crippen LogP contribution in [0.25, 0.3) is 0 Å². The molecule has 88 valence electrons. The highest BCUT2D eigenvalue weighted by Gasteiger charge is 2.23. The molecule has 1 aliphatic rings. The summed E-state index contributed by atoms with van der Waals surface area (Å²) in [5.74, 6) is 0.129. The lowest BCUT2D eigenvalue weighted by Crippen LogP contribution is -2.35. The summed E-state index contributed by atoms with van der Waals surface area (Å²) in [6.07, 6.45) is 3.49. The first-order valence-corrected chi connectivity index (χ1v) is 6.61. The van der Waals surface area contributed by atoms with Crippen molar-refractivity contribution >= 4 is 17.2 Å². The summed E-state index contributed by atoms with van der Waals surface area (Å²) in [7, 11) is 0. The van der Waals surface area contributed by atoms with Gasteiger partial charge in [0.1, 0.15) is 0 Å². The minimum absolute atomic E-state index is 0.129. The van der Waals surface area contributed by atoms with Crippen LogP contribution >= 0.6 is 11.3 Å². The molecule has 2 unspecified atom stereocenters. The highest BCUT2D eigenvalue weighted by atomic mass is 32.1. The molecule has 1 aromatic heterocycles. The third-order valence-electron chi connectivity index (χ3n) is 3.13. The Bertz CT molecular complexity index is 375. The zero-order valence-corrected chi connectivity index (χ0v) is 10.3. The molecule has 1 aliphatic carbocycles. The van der Waals surface area contributed by atoms with Crippen LogP contribution in [0.5, 0.6) is 0 Å². The molecule has 0 aliphatic heterocycles. The molecule has 1 aromatic rings. The van der Waals surface area contributed by atoms with Gasteiger partial charge in [-0.05, 0) is 43.2 Å². The SMILES string of the molecule is Cc1ccsc1CC(=O)NC1CCC(N)C1. The van der Waals surface area contributed by atoms with Crippen molar-refractivity contribution in [2.45, 2.75) is 44.7 Å². The van der Waals surface area contributed by atoms with Gasteiger partial charge in [0.15, 0.2) is 0 Å². The molecule has 0 saturated heterocycles. The van der Waals surface area contributed by atoms with Crippen LogP contribution in [0.2, 0.25) is 0 Å². The van der Waals surface area contributed by atoms with Crippen molar-refractivity contribution in [3.8, 4) is 0 Å². The molecule has 4 heteroatoms. The first-order chi connectivity index (χ1) is 7.65. The van der Waals surface area contributed by atoms with Crippen LogP contribution in [-0.4, -0.2) is 18.0 Å². The maximum Gasteiger partial charge on any atom is 0.225 e. The van der Waals surface area contributed by atoms with Crippen LogP contribution in [0, 0.1) is 6.92 Å². The Morgan fingerprint density at radius 2 is 2.44 bits per heavy atom. The number of nitrogens with two attached hydrogens (primary N) is 1. The molecule has 1 heterocycles. The van der Waals surface area contributed by atoms with Crippen molar-refractivity contribution in [1.29, 1.82) is 0 Å². The highest BCUT2D eigenvalue weighted by molar-refractivity contribution is 7.10. The number of amides is 1. The molecule has 0 bridgehead atoms. The van der Waals surface area contributed by atoms with Crippen LogP contribution in [0.3, 0.4) is 0 Å². The Morgan fingerprint density at radius 1 is 1.62 bits per heavy atom. The summed E-state index contributed by atoms with van der Waals surface area (Å²) in [4.78, 5) is 12.9. The van der Waals surface area contributed by atoms with Crippen LogP contribution in [0.15, 0.2) is 11.4 Å². The van der Waals surface area contributed by atoms with E-state index < -0.39 is 0 Å². The van der Waals surface area contributed by atoms with Crippen LogP contribution < -0.4 is 11.1 Å². The zero-order chi connectivity index (χ0) is 11.5.